The van der Waals surface area contributed by atoms with Crippen molar-refractivity contribution >= 4 is 23.3 Å². The average molecular weight is 461 g/mol. The Balaban J connectivity index is 1.63. The highest BCUT2D eigenvalue weighted by atomic mass is 32.1. The van der Waals surface area contributed by atoms with Crippen LogP contribution in [0.25, 0.3) is 5.69 Å². The lowest BCUT2D eigenvalue weighted by atomic mass is 9.95. The van der Waals surface area contributed by atoms with E-state index in [1.54, 1.807) is 18.2 Å². The van der Waals surface area contributed by atoms with E-state index in [0.29, 0.717) is 6.04 Å². The molecule has 33 heavy (non-hydrogen) atoms. The average Bonchev–Trinajstić information content (AvgIpc) is 3.52. The minimum atomic E-state index is -0.924. The maximum Gasteiger partial charge on any atom is 0.335 e. The second kappa shape index (κ2) is 8.63. The van der Waals surface area contributed by atoms with Crippen LogP contribution in [0, 0.1) is 13.8 Å². The van der Waals surface area contributed by atoms with Crippen molar-refractivity contribution in [2.75, 3.05) is 0 Å². The van der Waals surface area contributed by atoms with E-state index in [4.69, 9.17) is 12.2 Å². The number of carboxylic acids is 1. The SMILES string of the molecule is Cc1cc([C@@H]2[C@@H](c3ccccn3)NC(=S)N2C2CCCC2)c(C)n1-c1cccc(C(=O)O)c1. The molecule has 1 aromatic carbocycles. The number of aromatic carboxylic acids is 1. The number of rotatable bonds is 5. The zero-order valence-corrected chi connectivity index (χ0v) is 19.7. The zero-order chi connectivity index (χ0) is 23.1. The molecule has 5 rings (SSSR count). The van der Waals surface area contributed by atoms with Gasteiger partial charge in [0.1, 0.15) is 0 Å². The Hall–Kier alpha value is -3.19. The standard InChI is InChI=1S/C26H28N4O2S/c1-16-14-21(17(2)29(16)20-11-7-8-18(15-20)25(31)32)24-23(22-12-5-6-13-27-22)28-26(33)30(24)19-9-3-4-10-19/h5-8,11-15,19,23-24H,3-4,9-10H2,1-2H3,(H,28,33)(H,31,32)/t23-,24-/m1/s1. The number of thiocarbonyl (C=S) groups is 1. The van der Waals surface area contributed by atoms with Crippen LogP contribution >= 0.6 is 12.2 Å². The molecule has 6 nitrogen and oxygen atoms in total. The first-order chi connectivity index (χ1) is 16.0. The van der Waals surface area contributed by atoms with Crippen molar-refractivity contribution in [1.82, 2.24) is 19.8 Å². The van der Waals surface area contributed by atoms with Crippen molar-refractivity contribution in [2.45, 2.75) is 57.7 Å². The normalized spacial score (nSPS) is 20.9. The van der Waals surface area contributed by atoms with Gasteiger partial charge in [-0.15, -0.1) is 0 Å². The molecule has 3 heterocycles. The van der Waals surface area contributed by atoms with Crippen LogP contribution in [0.4, 0.5) is 0 Å². The highest BCUT2D eigenvalue weighted by molar-refractivity contribution is 7.80. The maximum absolute atomic E-state index is 11.5. The van der Waals surface area contributed by atoms with E-state index >= 15 is 0 Å². The van der Waals surface area contributed by atoms with Crippen LogP contribution in [-0.4, -0.2) is 36.7 Å². The topological polar surface area (TPSA) is 70.4 Å². The van der Waals surface area contributed by atoms with Gasteiger partial charge in [0, 0.05) is 29.3 Å². The minimum absolute atomic E-state index is 0.0260. The predicted octanol–water partition coefficient (Wildman–Crippen LogP) is 5.10. The molecule has 0 radical (unpaired) electrons. The van der Waals surface area contributed by atoms with Crippen LogP contribution in [0.5, 0.6) is 0 Å². The predicted molar refractivity (Wildman–Crippen MR) is 132 cm³/mol. The summed E-state index contributed by atoms with van der Waals surface area (Å²) in [5, 5.41) is 13.8. The third-order valence-electron chi connectivity index (χ3n) is 6.99. The van der Waals surface area contributed by atoms with Gasteiger partial charge in [-0.05, 0) is 80.9 Å². The van der Waals surface area contributed by atoms with Crippen molar-refractivity contribution in [3.05, 3.63) is 82.9 Å². The van der Waals surface area contributed by atoms with Gasteiger partial charge in [-0.3, -0.25) is 4.98 Å². The fourth-order valence-electron chi connectivity index (χ4n) is 5.54. The molecule has 2 fully saturated rings. The van der Waals surface area contributed by atoms with Crippen molar-refractivity contribution in [1.29, 1.82) is 0 Å². The van der Waals surface area contributed by atoms with Gasteiger partial charge < -0.3 is 19.9 Å². The van der Waals surface area contributed by atoms with Gasteiger partial charge in [0.2, 0.25) is 0 Å². The summed E-state index contributed by atoms with van der Waals surface area (Å²) in [6.45, 7) is 4.18. The molecule has 0 bridgehead atoms. The summed E-state index contributed by atoms with van der Waals surface area (Å²) in [5.74, 6) is -0.924. The Morgan fingerprint density at radius 3 is 2.61 bits per heavy atom. The molecule has 0 unspecified atom stereocenters. The van der Waals surface area contributed by atoms with E-state index in [9.17, 15) is 9.90 Å². The monoisotopic (exact) mass is 460 g/mol. The molecular formula is C26H28N4O2S. The Kier molecular flexibility index (Phi) is 5.66. The number of carboxylic acid groups (broad SMARTS) is 1. The van der Waals surface area contributed by atoms with Crippen molar-refractivity contribution < 1.29 is 9.90 Å². The number of pyridine rings is 1. The lowest BCUT2D eigenvalue weighted by molar-refractivity contribution is 0.0697. The van der Waals surface area contributed by atoms with Crippen molar-refractivity contribution in [3.63, 3.8) is 0 Å². The molecule has 170 valence electrons. The highest BCUT2D eigenvalue weighted by Gasteiger charge is 2.44. The zero-order valence-electron chi connectivity index (χ0n) is 18.9. The lowest BCUT2D eigenvalue weighted by Crippen LogP contribution is -2.37. The molecule has 0 amide bonds. The van der Waals surface area contributed by atoms with Crippen LogP contribution in [-0.2, 0) is 0 Å². The number of nitrogens with one attached hydrogen (secondary N) is 1. The van der Waals surface area contributed by atoms with Crippen LogP contribution in [0.15, 0.2) is 54.7 Å². The number of benzene rings is 1. The van der Waals surface area contributed by atoms with Crippen molar-refractivity contribution in [2.24, 2.45) is 0 Å². The van der Waals surface area contributed by atoms with Gasteiger partial charge in [-0.2, -0.15) is 0 Å². The highest BCUT2D eigenvalue weighted by Crippen LogP contribution is 2.44. The number of hydrogen-bond donors (Lipinski definition) is 2. The van der Waals surface area contributed by atoms with Gasteiger partial charge in [-0.25, -0.2) is 4.79 Å². The van der Waals surface area contributed by atoms with Gasteiger partial charge >= 0.3 is 5.97 Å². The molecule has 1 saturated heterocycles. The Labute approximate surface area is 199 Å². The maximum atomic E-state index is 11.5. The first-order valence-corrected chi connectivity index (χ1v) is 11.9. The van der Waals surface area contributed by atoms with Gasteiger partial charge in [0.05, 0.1) is 23.3 Å². The first-order valence-electron chi connectivity index (χ1n) is 11.5. The molecule has 7 heteroatoms. The van der Waals surface area contributed by atoms with E-state index in [-0.39, 0.29) is 17.6 Å². The van der Waals surface area contributed by atoms with Gasteiger partial charge in [0.15, 0.2) is 5.11 Å². The Morgan fingerprint density at radius 2 is 1.91 bits per heavy atom. The van der Waals surface area contributed by atoms with E-state index in [0.717, 1.165) is 40.7 Å². The number of nitrogens with zero attached hydrogens (tertiary/aromatic N) is 3. The third kappa shape index (κ3) is 3.80. The molecule has 2 aromatic heterocycles. The number of hydrogen-bond acceptors (Lipinski definition) is 3. The van der Waals surface area contributed by atoms with Crippen molar-refractivity contribution in [3.8, 4) is 5.69 Å². The van der Waals surface area contributed by atoms with Crippen LogP contribution in [0.1, 0.15) is 70.8 Å². The summed E-state index contributed by atoms with van der Waals surface area (Å²) in [5.41, 5.74) is 5.46. The summed E-state index contributed by atoms with van der Waals surface area (Å²) in [6, 6.07) is 15.7. The van der Waals surface area contributed by atoms with Gasteiger partial charge in [0.25, 0.3) is 0 Å². The summed E-state index contributed by atoms with van der Waals surface area (Å²) in [4.78, 5) is 18.6. The first kappa shape index (κ1) is 21.6. The fraction of sp³-hybridized carbons (Fsp3) is 0.346. The van der Waals surface area contributed by atoms with Crippen LogP contribution < -0.4 is 5.32 Å². The van der Waals surface area contributed by atoms with Crippen LogP contribution in [0.2, 0.25) is 0 Å². The molecule has 1 aliphatic heterocycles. The van der Waals surface area contributed by atoms with E-state index < -0.39 is 5.97 Å². The summed E-state index contributed by atoms with van der Waals surface area (Å²) >= 11 is 5.87. The molecule has 2 atom stereocenters. The fourth-order valence-corrected chi connectivity index (χ4v) is 5.93. The molecule has 1 saturated carbocycles. The Bertz CT molecular complexity index is 1200. The Morgan fingerprint density at radius 1 is 1.12 bits per heavy atom. The largest absolute Gasteiger partial charge is 0.478 e. The third-order valence-corrected chi connectivity index (χ3v) is 7.32. The van der Waals surface area contributed by atoms with Crippen LogP contribution in [0.3, 0.4) is 0 Å². The summed E-state index contributed by atoms with van der Waals surface area (Å²) in [6.07, 6.45) is 6.58. The summed E-state index contributed by atoms with van der Waals surface area (Å²) in [7, 11) is 0. The number of carbonyl (C=O) groups is 1. The van der Waals surface area contributed by atoms with E-state index in [1.165, 1.54) is 18.4 Å². The molecular weight excluding hydrogens is 432 g/mol. The molecule has 2 aliphatic rings. The van der Waals surface area contributed by atoms with E-state index in [1.807, 2.05) is 24.4 Å². The second-order valence-electron chi connectivity index (χ2n) is 8.99. The second-order valence-corrected chi connectivity index (χ2v) is 9.38. The van der Waals surface area contributed by atoms with E-state index in [2.05, 4.69) is 45.7 Å². The number of aromatic nitrogens is 2. The molecule has 1 aliphatic carbocycles. The smallest absolute Gasteiger partial charge is 0.335 e. The molecule has 0 spiro atoms. The van der Waals surface area contributed by atoms with Gasteiger partial charge in [-0.1, -0.05) is 25.0 Å². The quantitative estimate of drug-likeness (QED) is 0.516. The minimum Gasteiger partial charge on any atom is -0.478 e. The molecule has 3 aromatic rings. The summed E-state index contributed by atoms with van der Waals surface area (Å²) < 4.78 is 2.14. The molecule has 2 N–H and O–H groups in total. The lowest BCUT2D eigenvalue weighted by Gasteiger charge is -2.33. The number of aryl methyl sites for hydroxylation is 1.